The Morgan fingerprint density at radius 2 is 1.20 bits per heavy atom. The van der Waals surface area contributed by atoms with Gasteiger partial charge in [-0.3, -0.25) is 4.57 Å². The molecule has 0 N–H and O–H groups in total. The lowest BCUT2D eigenvalue weighted by atomic mass is 9.69. The second-order valence-electron chi connectivity index (χ2n) is 17.0. The van der Waals surface area contributed by atoms with E-state index in [0.29, 0.717) is 11.8 Å². The summed E-state index contributed by atoms with van der Waals surface area (Å²) in [6.45, 7) is 11.5. The summed E-state index contributed by atoms with van der Waals surface area (Å²) < 4.78 is 2.33. The summed E-state index contributed by atoms with van der Waals surface area (Å²) in [6, 6.07) is 35.2. The predicted octanol–water partition coefficient (Wildman–Crippen LogP) is 12.0. The molecule has 2 bridgehead atoms. The molecule has 0 amide bonds. The van der Waals surface area contributed by atoms with E-state index in [9.17, 15) is 0 Å². The van der Waals surface area contributed by atoms with Crippen molar-refractivity contribution in [1.29, 1.82) is 0 Å². The van der Waals surface area contributed by atoms with Gasteiger partial charge in [0.2, 0.25) is 5.95 Å². The summed E-state index contributed by atoms with van der Waals surface area (Å²) in [4.78, 5) is 16.6. The fraction of sp³-hybridized carbons (Fsp3) is 0.383. The Hall–Kier alpha value is -4.57. The van der Waals surface area contributed by atoms with Crippen LogP contribution in [0.4, 0.5) is 0 Å². The molecule has 258 valence electrons. The average molecular weight is 671 g/mol. The number of allylic oxidation sites excluding steroid dienone is 1. The number of hydrogen-bond donors (Lipinski definition) is 0. The van der Waals surface area contributed by atoms with Crippen LogP contribution in [0.2, 0.25) is 0 Å². The van der Waals surface area contributed by atoms with Crippen molar-refractivity contribution < 1.29 is 0 Å². The molecule has 4 heteroatoms. The third kappa shape index (κ3) is 5.81. The minimum absolute atomic E-state index is 0.0427. The van der Waals surface area contributed by atoms with Crippen molar-refractivity contribution in [1.82, 2.24) is 19.5 Å². The van der Waals surface area contributed by atoms with Gasteiger partial charge in [0.1, 0.15) is 11.6 Å². The molecular formula is C47H50N4. The molecular weight excluding hydrogens is 621 g/mol. The quantitative estimate of drug-likeness (QED) is 0.131. The topological polar surface area (TPSA) is 43.6 Å². The summed E-state index contributed by atoms with van der Waals surface area (Å²) >= 11 is 0. The minimum atomic E-state index is -0.150. The Balaban J connectivity index is 1.20. The van der Waals surface area contributed by atoms with E-state index in [2.05, 4.69) is 135 Å². The maximum absolute atomic E-state index is 5.55. The summed E-state index contributed by atoms with van der Waals surface area (Å²) in [7, 11) is 0. The third-order valence-corrected chi connectivity index (χ3v) is 12.9. The van der Waals surface area contributed by atoms with Gasteiger partial charge in [-0.25, -0.2) is 4.98 Å². The van der Waals surface area contributed by atoms with Gasteiger partial charge in [0, 0.05) is 21.6 Å². The van der Waals surface area contributed by atoms with Crippen LogP contribution in [0.1, 0.15) is 90.2 Å². The minimum Gasteiger partial charge on any atom is -0.278 e. The lowest BCUT2D eigenvalue weighted by Crippen LogP contribution is -2.36. The molecule has 3 aliphatic rings. The standard InChI is InChI=1S/C47H50N4/c1-5-32-16-15-31(2)27-46(3,28-32)43-48-44(47(4)29-33-17-18-34(25-33)30-47)50-45(49-43)51-41-14-10-9-13-39(41)40-26-38(23-24-42(40)51)37-21-19-36(20-22-37)35-11-7-6-8-12-35/h5-14,19-24,26,31-34H,1,15-18,25,27-30H2,2-4H3/t31-,32?,33+,34?,46?,47?/m1/s1. The van der Waals surface area contributed by atoms with E-state index in [4.69, 9.17) is 15.0 Å². The van der Waals surface area contributed by atoms with Crippen LogP contribution in [-0.2, 0) is 10.8 Å². The van der Waals surface area contributed by atoms with Gasteiger partial charge < -0.3 is 0 Å². The Kier molecular flexibility index (Phi) is 7.98. The summed E-state index contributed by atoms with van der Waals surface area (Å²) in [5, 5.41) is 2.45. The highest BCUT2D eigenvalue weighted by atomic mass is 15.2. The van der Waals surface area contributed by atoms with Crippen molar-refractivity contribution in [2.45, 2.75) is 89.4 Å². The molecule has 4 nitrogen and oxygen atoms in total. The smallest absolute Gasteiger partial charge is 0.238 e. The van der Waals surface area contributed by atoms with Crippen LogP contribution in [0.3, 0.4) is 0 Å². The molecule has 3 fully saturated rings. The Labute approximate surface area is 303 Å². The van der Waals surface area contributed by atoms with E-state index in [-0.39, 0.29) is 10.8 Å². The predicted molar refractivity (Wildman–Crippen MR) is 211 cm³/mol. The van der Waals surface area contributed by atoms with Gasteiger partial charge in [-0.2, -0.15) is 9.97 Å². The number of nitrogens with zero attached hydrogens (tertiary/aromatic N) is 4. The first-order valence-electron chi connectivity index (χ1n) is 19.4. The van der Waals surface area contributed by atoms with Gasteiger partial charge in [0.15, 0.2) is 0 Å². The lowest BCUT2D eigenvalue weighted by Gasteiger charge is -2.38. The molecule has 0 aliphatic heterocycles. The van der Waals surface area contributed by atoms with Crippen LogP contribution in [-0.4, -0.2) is 19.5 Å². The highest BCUT2D eigenvalue weighted by Gasteiger charge is 2.45. The largest absolute Gasteiger partial charge is 0.278 e. The van der Waals surface area contributed by atoms with Crippen LogP contribution in [0, 0.1) is 23.7 Å². The monoisotopic (exact) mass is 670 g/mol. The number of rotatable bonds is 6. The fourth-order valence-electron chi connectivity index (χ4n) is 10.5. The second-order valence-corrected chi connectivity index (χ2v) is 17.0. The molecule has 6 aromatic rings. The summed E-state index contributed by atoms with van der Waals surface area (Å²) in [6.07, 6.45) is 13.1. The van der Waals surface area contributed by atoms with E-state index >= 15 is 0 Å². The van der Waals surface area contributed by atoms with Gasteiger partial charge in [-0.1, -0.05) is 125 Å². The van der Waals surface area contributed by atoms with Crippen molar-refractivity contribution >= 4 is 21.8 Å². The Morgan fingerprint density at radius 1 is 0.608 bits per heavy atom. The van der Waals surface area contributed by atoms with Gasteiger partial charge in [-0.05, 0) is 103 Å². The van der Waals surface area contributed by atoms with Crippen molar-refractivity contribution in [2.75, 3.05) is 0 Å². The zero-order valence-electron chi connectivity index (χ0n) is 30.5. The SMILES string of the molecule is C=CC1CC[C@@H](C)CC(C)(c2nc(-n3c4ccccc4c4cc(-c5ccc(-c6ccccc6)cc5)ccc43)nc(C3(C)CC4CC[C@@H](C4)C3)n2)C1. The van der Waals surface area contributed by atoms with Crippen molar-refractivity contribution in [3.8, 4) is 28.2 Å². The van der Waals surface area contributed by atoms with Crippen molar-refractivity contribution in [3.63, 3.8) is 0 Å². The normalized spacial score (nSPS) is 27.8. The maximum atomic E-state index is 5.55. The number of hydrogen-bond acceptors (Lipinski definition) is 3. The molecule has 0 saturated heterocycles. The zero-order chi connectivity index (χ0) is 34.7. The summed E-state index contributed by atoms with van der Waals surface area (Å²) in [5.41, 5.74) is 6.98. The van der Waals surface area contributed by atoms with Crippen LogP contribution in [0.15, 0.2) is 110 Å². The molecule has 51 heavy (non-hydrogen) atoms. The molecule has 6 atom stereocenters. The molecule has 0 spiro atoms. The molecule has 4 unspecified atom stereocenters. The number of aromatic nitrogens is 4. The highest BCUT2D eigenvalue weighted by Crippen LogP contribution is 2.51. The van der Waals surface area contributed by atoms with Gasteiger partial charge >= 0.3 is 0 Å². The van der Waals surface area contributed by atoms with E-state index in [1.807, 2.05) is 0 Å². The van der Waals surface area contributed by atoms with E-state index in [1.165, 1.54) is 78.0 Å². The molecule has 2 heterocycles. The first kappa shape index (κ1) is 32.3. The average Bonchev–Trinajstić information content (AvgIpc) is 3.63. The maximum Gasteiger partial charge on any atom is 0.238 e. The molecule has 3 aliphatic carbocycles. The third-order valence-electron chi connectivity index (χ3n) is 12.9. The first-order valence-corrected chi connectivity index (χ1v) is 19.4. The van der Waals surface area contributed by atoms with Gasteiger partial charge in [-0.15, -0.1) is 6.58 Å². The van der Waals surface area contributed by atoms with Gasteiger partial charge in [0.25, 0.3) is 0 Å². The number of benzene rings is 4. The first-order chi connectivity index (χ1) is 24.8. The van der Waals surface area contributed by atoms with Crippen molar-refractivity contribution in [2.24, 2.45) is 23.7 Å². The van der Waals surface area contributed by atoms with Crippen molar-refractivity contribution in [3.05, 3.63) is 121 Å². The van der Waals surface area contributed by atoms with E-state index in [1.54, 1.807) is 0 Å². The zero-order valence-corrected chi connectivity index (χ0v) is 30.5. The van der Waals surface area contributed by atoms with Crippen LogP contribution < -0.4 is 0 Å². The number of fused-ring (bicyclic) bond motifs is 5. The number of para-hydroxylation sites is 1. The van der Waals surface area contributed by atoms with Crippen LogP contribution in [0.5, 0.6) is 0 Å². The molecule has 4 aromatic carbocycles. The summed E-state index contributed by atoms with van der Waals surface area (Å²) in [5.74, 6) is 5.40. The van der Waals surface area contributed by atoms with E-state index < -0.39 is 0 Å². The lowest BCUT2D eigenvalue weighted by molar-refractivity contribution is 0.218. The van der Waals surface area contributed by atoms with E-state index in [0.717, 1.165) is 53.3 Å². The van der Waals surface area contributed by atoms with Crippen LogP contribution >= 0.6 is 0 Å². The molecule has 2 aromatic heterocycles. The molecule has 3 saturated carbocycles. The highest BCUT2D eigenvalue weighted by molar-refractivity contribution is 6.10. The second kappa shape index (κ2) is 12.6. The molecule has 0 radical (unpaired) electrons. The van der Waals surface area contributed by atoms with Crippen LogP contribution in [0.25, 0.3) is 50.0 Å². The Morgan fingerprint density at radius 3 is 1.90 bits per heavy atom. The Bertz CT molecular complexity index is 2220. The molecule has 9 rings (SSSR count). The van der Waals surface area contributed by atoms with Gasteiger partial charge in [0.05, 0.1) is 11.0 Å². The fourth-order valence-corrected chi connectivity index (χ4v) is 10.5.